The Morgan fingerprint density at radius 2 is 1.81 bits per heavy atom. The summed E-state index contributed by atoms with van der Waals surface area (Å²) in [4.78, 5) is 24.6. The molecule has 0 aliphatic rings. The van der Waals surface area contributed by atoms with E-state index in [1.165, 1.54) is 0 Å². The number of rotatable bonds is 10. The van der Waals surface area contributed by atoms with E-state index in [0.717, 1.165) is 0 Å². The molecule has 0 unspecified atom stereocenters. The molecule has 31 heavy (non-hydrogen) atoms. The number of hydrogen-bond acceptors (Lipinski definition) is 6. The van der Waals surface area contributed by atoms with Crippen LogP contribution in [0, 0.1) is 7.14 Å². The van der Waals surface area contributed by atoms with Crippen LogP contribution in [0.2, 0.25) is 0 Å². The van der Waals surface area contributed by atoms with E-state index in [-0.39, 0.29) is 24.6 Å². The molecule has 164 valence electrons. The van der Waals surface area contributed by atoms with Gasteiger partial charge in [0.2, 0.25) is 5.91 Å². The van der Waals surface area contributed by atoms with Crippen LogP contribution in [0.1, 0.15) is 40.9 Å². The number of aliphatic hydroxyl groups is 1. The Bertz CT molecular complexity index is 1100. The number of carbonyl (C=O) groups is 2. The standard InChI is InChI=1S/C22H21I2NO6/c23-15-9-12(10-16(24)22(15)29)21(28)20-14-6-5-13(30-8-2-7-26)11-18(14)31-17(20)3-1-4-19(25)27/h5-6,9-11,26,29H,1-4,7-8H2,(H2,25,27). The Balaban J connectivity index is 2.03. The first-order chi connectivity index (χ1) is 14.8. The molecule has 0 fully saturated rings. The van der Waals surface area contributed by atoms with Crippen LogP contribution in [-0.4, -0.2) is 35.1 Å². The summed E-state index contributed by atoms with van der Waals surface area (Å²) < 4.78 is 12.8. The average Bonchev–Trinajstić information content (AvgIpc) is 3.08. The van der Waals surface area contributed by atoms with Gasteiger partial charge in [0.1, 0.15) is 22.8 Å². The van der Waals surface area contributed by atoms with E-state index >= 15 is 0 Å². The molecule has 7 nitrogen and oxygen atoms in total. The molecule has 0 radical (unpaired) electrons. The lowest BCUT2D eigenvalue weighted by Crippen LogP contribution is -2.11. The van der Waals surface area contributed by atoms with Crippen LogP contribution >= 0.6 is 45.2 Å². The number of carbonyl (C=O) groups excluding carboxylic acids is 2. The highest BCUT2D eigenvalue weighted by atomic mass is 127. The smallest absolute Gasteiger partial charge is 0.217 e. The fourth-order valence-electron chi connectivity index (χ4n) is 3.16. The second kappa shape index (κ2) is 10.6. The van der Waals surface area contributed by atoms with Crippen molar-refractivity contribution in [3.63, 3.8) is 0 Å². The van der Waals surface area contributed by atoms with E-state index in [1.54, 1.807) is 30.3 Å². The molecule has 0 spiro atoms. The number of ketones is 1. The zero-order valence-electron chi connectivity index (χ0n) is 16.5. The average molecular weight is 649 g/mol. The third-order valence-corrected chi connectivity index (χ3v) is 6.28. The van der Waals surface area contributed by atoms with Crippen LogP contribution in [0.3, 0.4) is 0 Å². The summed E-state index contributed by atoms with van der Waals surface area (Å²) in [5, 5.41) is 19.6. The molecule has 9 heteroatoms. The number of ether oxygens (including phenoxy) is 1. The summed E-state index contributed by atoms with van der Waals surface area (Å²) in [5.74, 6) is 0.558. The van der Waals surface area contributed by atoms with Crippen LogP contribution in [0.4, 0.5) is 0 Å². The molecular weight excluding hydrogens is 628 g/mol. The molecule has 2 aromatic carbocycles. The van der Waals surface area contributed by atoms with Crippen molar-refractivity contribution in [3.05, 3.63) is 54.4 Å². The number of halogens is 2. The summed E-state index contributed by atoms with van der Waals surface area (Å²) in [5.41, 5.74) is 6.62. The molecule has 1 aromatic heterocycles. The molecule has 4 N–H and O–H groups in total. The fourth-order valence-corrected chi connectivity index (χ4v) is 4.93. The van der Waals surface area contributed by atoms with Gasteiger partial charge in [0.15, 0.2) is 5.78 Å². The highest BCUT2D eigenvalue weighted by Gasteiger charge is 2.24. The topological polar surface area (TPSA) is 123 Å². The van der Waals surface area contributed by atoms with Crippen molar-refractivity contribution in [3.8, 4) is 11.5 Å². The summed E-state index contributed by atoms with van der Waals surface area (Å²) in [6.45, 7) is 0.403. The van der Waals surface area contributed by atoms with Crippen molar-refractivity contribution in [2.24, 2.45) is 5.73 Å². The van der Waals surface area contributed by atoms with Gasteiger partial charge in [-0.15, -0.1) is 0 Å². The maximum absolute atomic E-state index is 13.5. The van der Waals surface area contributed by atoms with E-state index in [4.69, 9.17) is 20.0 Å². The fraction of sp³-hybridized carbons (Fsp3) is 0.273. The molecule has 0 saturated heterocycles. The molecule has 0 bridgehead atoms. The summed E-state index contributed by atoms with van der Waals surface area (Å²) >= 11 is 3.97. The van der Waals surface area contributed by atoms with Crippen LogP contribution in [0.5, 0.6) is 11.5 Å². The Morgan fingerprint density at radius 3 is 2.45 bits per heavy atom. The van der Waals surface area contributed by atoms with E-state index in [9.17, 15) is 14.7 Å². The number of aliphatic hydroxyl groups excluding tert-OH is 1. The van der Waals surface area contributed by atoms with E-state index in [1.807, 2.05) is 45.2 Å². The van der Waals surface area contributed by atoms with Crippen LogP contribution < -0.4 is 10.5 Å². The first kappa shape index (κ1) is 23.8. The Hall–Kier alpha value is -1.86. The van der Waals surface area contributed by atoms with Crippen molar-refractivity contribution >= 4 is 67.8 Å². The normalized spacial score (nSPS) is 11.1. The van der Waals surface area contributed by atoms with Gasteiger partial charge in [0, 0.05) is 42.9 Å². The van der Waals surface area contributed by atoms with Crippen LogP contribution in [0.15, 0.2) is 34.7 Å². The number of fused-ring (bicyclic) bond motifs is 1. The SMILES string of the molecule is NC(=O)CCCc1oc2cc(OCCCO)ccc2c1C(=O)c1cc(I)c(O)c(I)c1. The lowest BCUT2D eigenvalue weighted by molar-refractivity contribution is -0.118. The molecule has 3 rings (SSSR count). The Kier molecular flexibility index (Phi) is 8.17. The summed E-state index contributed by atoms with van der Waals surface area (Å²) in [6.07, 6.45) is 1.54. The Labute approximate surface area is 206 Å². The van der Waals surface area contributed by atoms with Gasteiger partial charge in [0.05, 0.1) is 19.3 Å². The van der Waals surface area contributed by atoms with Crippen molar-refractivity contribution in [2.75, 3.05) is 13.2 Å². The first-order valence-corrected chi connectivity index (χ1v) is 11.8. The number of nitrogens with two attached hydrogens (primary N) is 1. The van der Waals surface area contributed by atoms with Gasteiger partial charge in [-0.05, 0) is 75.9 Å². The summed E-state index contributed by atoms with van der Waals surface area (Å²) in [6, 6.07) is 8.51. The molecule has 0 atom stereocenters. The molecular formula is C22H21I2NO6. The monoisotopic (exact) mass is 649 g/mol. The number of amides is 1. The highest BCUT2D eigenvalue weighted by Crippen LogP contribution is 2.34. The third kappa shape index (κ3) is 5.69. The molecule has 0 aliphatic carbocycles. The van der Waals surface area contributed by atoms with Crippen molar-refractivity contribution in [1.29, 1.82) is 0 Å². The minimum atomic E-state index is -0.411. The predicted octanol–water partition coefficient (Wildman–Crippen LogP) is 4.15. The number of benzene rings is 2. The van der Waals surface area contributed by atoms with Gasteiger partial charge >= 0.3 is 0 Å². The van der Waals surface area contributed by atoms with Crippen molar-refractivity contribution < 1.29 is 29.0 Å². The first-order valence-electron chi connectivity index (χ1n) is 9.62. The largest absolute Gasteiger partial charge is 0.506 e. The zero-order valence-corrected chi connectivity index (χ0v) is 20.8. The maximum Gasteiger partial charge on any atom is 0.217 e. The minimum absolute atomic E-state index is 0.0376. The number of furan rings is 1. The number of aromatic hydroxyl groups is 1. The third-order valence-electron chi connectivity index (χ3n) is 4.64. The lowest BCUT2D eigenvalue weighted by Gasteiger charge is -2.07. The molecule has 0 aliphatic heterocycles. The van der Waals surface area contributed by atoms with Crippen LogP contribution in [0.25, 0.3) is 11.0 Å². The van der Waals surface area contributed by atoms with Gasteiger partial charge < -0.3 is 25.1 Å². The van der Waals surface area contributed by atoms with Crippen molar-refractivity contribution in [2.45, 2.75) is 25.7 Å². The molecule has 3 aromatic rings. The van der Waals surface area contributed by atoms with Gasteiger partial charge in [-0.2, -0.15) is 0 Å². The number of aryl methyl sites for hydroxylation is 1. The maximum atomic E-state index is 13.5. The number of hydrogen-bond donors (Lipinski definition) is 3. The van der Waals surface area contributed by atoms with Gasteiger partial charge in [-0.25, -0.2) is 0 Å². The number of primary amides is 1. The lowest BCUT2D eigenvalue weighted by atomic mass is 9.98. The molecule has 0 saturated carbocycles. The van der Waals surface area contributed by atoms with Gasteiger partial charge in [0.25, 0.3) is 0 Å². The number of phenols is 1. The van der Waals surface area contributed by atoms with Gasteiger partial charge in [-0.3, -0.25) is 9.59 Å². The van der Waals surface area contributed by atoms with E-state index in [2.05, 4.69) is 0 Å². The van der Waals surface area contributed by atoms with Gasteiger partial charge in [-0.1, -0.05) is 0 Å². The Morgan fingerprint density at radius 1 is 1.10 bits per heavy atom. The quantitative estimate of drug-likeness (QED) is 0.173. The van der Waals surface area contributed by atoms with E-state index in [0.29, 0.717) is 66.6 Å². The van der Waals surface area contributed by atoms with Crippen LogP contribution in [-0.2, 0) is 11.2 Å². The van der Waals surface area contributed by atoms with E-state index < -0.39 is 5.91 Å². The predicted molar refractivity (Wildman–Crippen MR) is 133 cm³/mol. The second-order valence-corrected chi connectivity index (χ2v) is 9.25. The minimum Gasteiger partial charge on any atom is -0.506 e. The number of phenolic OH excluding ortho intramolecular Hbond substituents is 1. The second-order valence-electron chi connectivity index (χ2n) is 6.92. The molecule has 1 heterocycles. The molecule has 1 amide bonds. The zero-order chi connectivity index (χ0) is 22.5. The van der Waals surface area contributed by atoms with Crippen molar-refractivity contribution in [1.82, 2.24) is 0 Å². The highest BCUT2D eigenvalue weighted by molar-refractivity contribution is 14.1. The summed E-state index contributed by atoms with van der Waals surface area (Å²) in [7, 11) is 0.